The van der Waals surface area contributed by atoms with Crippen molar-refractivity contribution in [2.75, 3.05) is 4.90 Å². The van der Waals surface area contributed by atoms with Crippen molar-refractivity contribution in [2.45, 2.75) is 5.41 Å². The first-order chi connectivity index (χ1) is 22.8. The van der Waals surface area contributed by atoms with Crippen molar-refractivity contribution in [3.05, 3.63) is 197 Å². The molecule has 2 aliphatic rings. The summed E-state index contributed by atoms with van der Waals surface area (Å²) < 4.78 is 0. The number of hydrogen-bond acceptors (Lipinski definition) is 3. The molecule has 9 rings (SSSR count). The largest absolute Gasteiger partial charge is 0.309 e. The van der Waals surface area contributed by atoms with E-state index in [9.17, 15) is 0 Å². The van der Waals surface area contributed by atoms with E-state index >= 15 is 0 Å². The molecule has 0 atom stereocenters. The summed E-state index contributed by atoms with van der Waals surface area (Å²) >= 11 is 0. The minimum absolute atomic E-state index is 0.508. The third-order valence-corrected chi connectivity index (χ3v) is 9.41. The van der Waals surface area contributed by atoms with Gasteiger partial charge in [-0.05, 0) is 58.1 Å². The van der Waals surface area contributed by atoms with Gasteiger partial charge in [-0.1, -0.05) is 133 Å². The summed E-state index contributed by atoms with van der Waals surface area (Å²) in [5.41, 5.74) is 14.2. The molecular weight excluding hydrogens is 558 g/mol. The van der Waals surface area contributed by atoms with Crippen LogP contribution in [0.25, 0.3) is 34.7 Å². The second kappa shape index (κ2) is 10.5. The molecule has 0 amide bonds. The maximum atomic E-state index is 5.12. The van der Waals surface area contributed by atoms with E-state index < -0.39 is 5.41 Å². The van der Waals surface area contributed by atoms with Gasteiger partial charge in [0.25, 0.3) is 0 Å². The van der Waals surface area contributed by atoms with Gasteiger partial charge in [0.15, 0.2) is 0 Å². The smallest absolute Gasteiger partial charge is 0.0760 e. The number of hydrogen-bond donors (Lipinski definition) is 0. The van der Waals surface area contributed by atoms with E-state index in [1.807, 2.05) is 18.5 Å². The van der Waals surface area contributed by atoms with Crippen LogP contribution in [0.3, 0.4) is 0 Å². The molecule has 0 fully saturated rings. The molecule has 0 unspecified atom stereocenters. The van der Waals surface area contributed by atoms with E-state index in [-0.39, 0.29) is 0 Å². The third-order valence-electron chi connectivity index (χ3n) is 9.41. The van der Waals surface area contributed by atoms with Crippen LogP contribution in [0.2, 0.25) is 0 Å². The fraction of sp³-hybridized carbons (Fsp3) is 0.0233. The molecule has 2 aromatic heterocycles. The standard InChI is InChI=1S/C43H29N3/c1-4-13-30(14-5-1)38-29-34(26-28-44-38)46-39-21-11-10-15-31(39)22-23-35-40(46)25-24-36-41(35)42-37(20-12-27-45-42)43(36,32-16-6-2-7-17-32)33-18-8-3-9-19-33/h1-29H. The number of fused-ring (bicyclic) bond motifs is 6. The first kappa shape index (κ1) is 26.4. The van der Waals surface area contributed by atoms with Gasteiger partial charge in [-0.2, -0.15) is 0 Å². The minimum atomic E-state index is -0.508. The van der Waals surface area contributed by atoms with Gasteiger partial charge >= 0.3 is 0 Å². The first-order valence-electron chi connectivity index (χ1n) is 15.7. The summed E-state index contributed by atoms with van der Waals surface area (Å²) in [7, 11) is 0. The van der Waals surface area contributed by atoms with E-state index in [0.717, 1.165) is 45.1 Å². The Morgan fingerprint density at radius 2 is 1.20 bits per heavy atom. The van der Waals surface area contributed by atoms with Gasteiger partial charge in [-0.25, -0.2) is 0 Å². The lowest BCUT2D eigenvalue weighted by molar-refractivity contribution is 0.766. The van der Waals surface area contributed by atoms with E-state index in [1.165, 1.54) is 27.8 Å². The molecule has 3 nitrogen and oxygen atoms in total. The Hall–Kier alpha value is -6.06. The monoisotopic (exact) mass is 587 g/mol. The SMILES string of the molecule is C1=Cc2c(ccc3c2-c2ncccc2C3(c2ccccc2)c2ccccc2)N(c2ccnc(-c3ccccc3)c2)c2ccccc21. The van der Waals surface area contributed by atoms with E-state index in [2.05, 4.69) is 163 Å². The Morgan fingerprint density at radius 3 is 1.96 bits per heavy atom. The molecule has 46 heavy (non-hydrogen) atoms. The number of pyridine rings is 2. The number of anilines is 3. The molecule has 216 valence electrons. The molecule has 0 radical (unpaired) electrons. The maximum Gasteiger partial charge on any atom is 0.0760 e. The van der Waals surface area contributed by atoms with Crippen LogP contribution < -0.4 is 4.90 Å². The topological polar surface area (TPSA) is 29.0 Å². The number of rotatable bonds is 4. The normalized spacial score (nSPS) is 13.7. The molecule has 3 heterocycles. The quantitative estimate of drug-likeness (QED) is 0.205. The Bertz CT molecular complexity index is 2220. The van der Waals surface area contributed by atoms with Gasteiger partial charge in [0, 0.05) is 34.8 Å². The van der Waals surface area contributed by atoms with Crippen molar-refractivity contribution in [1.29, 1.82) is 0 Å². The van der Waals surface area contributed by atoms with E-state index in [1.54, 1.807) is 0 Å². The third kappa shape index (κ3) is 3.85. The summed E-state index contributed by atoms with van der Waals surface area (Å²) in [5, 5.41) is 0. The molecule has 7 aromatic rings. The van der Waals surface area contributed by atoms with Crippen LogP contribution in [-0.4, -0.2) is 9.97 Å². The summed E-state index contributed by atoms with van der Waals surface area (Å²) in [6, 6.07) is 54.0. The fourth-order valence-corrected chi connectivity index (χ4v) is 7.50. The van der Waals surface area contributed by atoms with Gasteiger partial charge in [0.2, 0.25) is 0 Å². The van der Waals surface area contributed by atoms with Gasteiger partial charge in [0.1, 0.15) is 0 Å². The average molecular weight is 588 g/mol. The van der Waals surface area contributed by atoms with Crippen LogP contribution in [0.5, 0.6) is 0 Å². The van der Waals surface area contributed by atoms with Crippen LogP contribution in [0.4, 0.5) is 17.1 Å². The Balaban J connectivity index is 1.35. The Labute approximate surface area is 268 Å². The molecule has 1 aliphatic carbocycles. The van der Waals surface area contributed by atoms with Gasteiger partial charge in [-0.3, -0.25) is 9.97 Å². The van der Waals surface area contributed by atoms with Crippen LogP contribution in [0.1, 0.15) is 33.4 Å². The summed E-state index contributed by atoms with van der Waals surface area (Å²) in [4.78, 5) is 12.3. The zero-order chi connectivity index (χ0) is 30.5. The summed E-state index contributed by atoms with van der Waals surface area (Å²) in [6.07, 6.45) is 8.38. The van der Waals surface area contributed by atoms with Crippen molar-refractivity contribution in [2.24, 2.45) is 0 Å². The molecule has 0 bridgehead atoms. The Kier molecular flexibility index (Phi) is 6.04. The van der Waals surface area contributed by atoms with Gasteiger partial charge < -0.3 is 4.90 Å². The minimum Gasteiger partial charge on any atom is -0.309 e. The zero-order valence-corrected chi connectivity index (χ0v) is 25.1. The lowest BCUT2D eigenvalue weighted by atomic mass is 9.68. The van der Waals surface area contributed by atoms with Crippen molar-refractivity contribution in [1.82, 2.24) is 9.97 Å². The fourth-order valence-electron chi connectivity index (χ4n) is 7.50. The van der Waals surface area contributed by atoms with Crippen molar-refractivity contribution < 1.29 is 0 Å². The molecule has 0 spiro atoms. The molecule has 3 heteroatoms. The highest BCUT2D eigenvalue weighted by molar-refractivity contribution is 6.01. The van der Waals surface area contributed by atoms with E-state index in [4.69, 9.17) is 9.97 Å². The van der Waals surface area contributed by atoms with Crippen molar-refractivity contribution in [3.8, 4) is 22.5 Å². The van der Waals surface area contributed by atoms with Crippen LogP contribution in [0, 0.1) is 0 Å². The lowest BCUT2D eigenvalue weighted by Crippen LogP contribution is -2.28. The first-order valence-corrected chi connectivity index (χ1v) is 15.7. The molecule has 0 saturated heterocycles. The van der Waals surface area contributed by atoms with Crippen molar-refractivity contribution in [3.63, 3.8) is 0 Å². The highest BCUT2D eigenvalue weighted by Gasteiger charge is 2.48. The molecule has 1 aliphatic heterocycles. The molecule has 5 aromatic carbocycles. The highest BCUT2D eigenvalue weighted by Crippen LogP contribution is 2.58. The maximum absolute atomic E-state index is 5.12. The molecule has 0 N–H and O–H groups in total. The van der Waals surface area contributed by atoms with Crippen LogP contribution >= 0.6 is 0 Å². The van der Waals surface area contributed by atoms with Crippen LogP contribution in [0.15, 0.2) is 164 Å². The summed E-state index contributed by atoms with van der Waals surface area (Å²) in [6.45, 7) is 0. The van der Waals surface area contributed by atoms with Gasteiger partial charge in [0.05, 0.1) is 28.2 Å². The predicted octanol–water partition coefficient (Wildman–Crippen LogP) is 10.5. The average Bonchev–Trinajstić information content (AvgIpc) is 3.33. The van der Waals surface area contributed by atoms with Crippen molar-refractivity contribution >= 4 is 29.2 Å². The number of benzene rings is 5. The second-order valence-electron chi connectivity index (χ2n) is 11.8. The number of aromatic nitrogens is 2. The number of nitrogens with zero attached hydrogens (tertiary/aromatic N) is 3. The molecular formula is C43H29N3. The van der Waals surface area contributed by atoms with Gasteiger partial charge in [-0.15, -0.1) is 0 Å². The second-order valence-corrected chi connectivity index (χ2v) is 11.8. The zero-order valence-electron chi connectivity index (χ0n) is 25.1. The highest BCUT2D eigenvalue weighted by atomic mass is 15.2. The van der Waals surface area contributed by atoms with E-state index in [0.29, 0.717) is 0 Å². The van der Waals surface area contributed by atoms with Crippen LogP contribution in [-0.2, 0) is 5.41 Å². The number of para-hydroxylation sites is 1. The Morgan fingerprint density at radius 1 is 0.500 bits per heavy atom. The lowest BCUT2D eigenvalue weighted by Gasteiger charge is -2.34. The molecule has 0 saturated carbocycles. The predicted molar refractivity (Wildman–Crippen MR) is 188 cm³/mol. The summed E-state index contributed by atoms with van der Waals surface area (Å²) in [5.74, 6) is 0.